The van der Waals surface area contributed by atoms with E-state index in [2.05, 4.69) is 274 Å². The molecule has 0 radical (unpaired) electrons. The lowest BCUT2D eigenvalue weighted by molar-refractivity contribution is 0.340. The Hall–Kier alpha value is -8.34. The molecule has 0 spiro atoms. The average molecular weight is 900 g/mol. The van der Waals surface area contributed by atoms with E-state index in [9.17, 15) is 0 Å². The number of nitrogens with zero attached hydrogens (tertiary/aromatic N) is 3. The van der Waals surface area contributed by atoms with Gasteiger partial charge in [-0.25, -0.2) is 0 Å². The quantitative estimate of drug-likeness (QED) is 0.0669. The lowest BCUT2D eigenvalue weighted by Gasteiger charge is -2.26. The fraction of sp³-hybridized carbons (Fsp3) is 0.108. The van der Waals surface area contributed by atoms with E-state index >= 15 is 0 Å². The van der Waals surface area contributed by atoms with Gasteiger partial charge < -0.3 is 19.4 Å². The maximum Gasteiger partial charge on any atom is 0.119 e. The van der Waals surface area contributed by atoms with Crippen LogP contribution >= 0.6 is 0 Å². The van der Waals surface area contributed by atoms with E-state index < -0.39 is 0 Å². The number of ether oxygens (including phenoxy) is 1. The van der Waals surface area contributed by atoms with Crippen molar-refractivity contribution in [2.24, 2.45) is 0 Å². The first-order valence-electron chi connectivity index (χ1n) is 23.7. The molecular formula is C65H61N3O. The van der Waals surface area contributed by atoms with E-state index in [4.69, 9.17) is 4.74 Å². The second-order valence-corrected chi connectivity index (χ2v) is 17.4. The molecule has 0 heterocycles. The zero-order valence-electron chi connectivity index (χ0n) is 40.7. The summed E-state index contributed by atoms with van der Waals surface area (Å²) in [5.74, 6) is 0.837. The Kier molecular flexibility index (Phi) is 15.3. The van der Waals surface area contributed by atoms with Crippen molar-refractivity contribution in [3.8, 4) is 5.75 Å². The van der Waals surface area contributed by atoms with Gasteiger partial charge in [-0.2, -0.15) is 0 Å². The summed E-state index contributed by atoms with van der Waals surface area (Å²) in [6.45, 7) is 17.5. The molecule has 0 N–H and O–H groups in total. The van der Waals surface area contributed by atoms with Gasteiger partial charge in [0, 0.05) is 51.2 Å². The predicted molar refractivity (Wildman–Crippen MR) is 297 cm³/mol. The van der Waals surface area contributed by atoms with Gasteiger partial charge in [0.15, 0.2) is 0 Å². The second-order valence-electron chi connectivity index (χ2n) is 17.4. The van der Waals surface area contributed by atoms with Gasteiger partial charge in [-0.3, -0.25) is 0 Å². The van der Waals surface area contributed by atoms with E-state index in [1.54, 1.807) is 0 Å². The normalized spacial score (nSPS) is 11.8. The lowest BCUT2D eigenvalue weighted by atomic mass is 10.1. The Bertz CT molecular complexity index is 2960. The molecule has 0 bridgehead atoms. The van der Waals surface area contributed by atoms with Crippen molar-refractivity contribution in [2.45, 2.75) is 41.5 Å². The largest absolute Gasteiger partial charge is 0.494 e. The van der Waals surface area contributed by atoms with Crippen molar-refractivity contribution >= 4 is 63.7 Å². The number of benzene rings is 8. The Balaban J connectivity index is 1.00. The van der Waals surface area contributed by atoms with Gasteiger partial charge in [0.05, 0.1) is 6.61 Å². The average Bonchev–Trinajstić information content (AvgIpc) is 3.38. The van der Waals surface area contributed by atoms with Crippen molar-refractivity contribution in [3.63, 3.8) is 0 Å². The predicted octanol–water partition coefficient (Wildman–Crippen LogP) is 18.3. The molecular weight excluding hydrogens is 839 g/mol. The zero-order chi connectivity index (χ0) is 48.1. The van der Waals surface area contributed by atoms with Crippen LogP contribution in [0.5, 0.6) is 5.75 Å². The van der Waals surface area contributed by atoms with E-state index in [0.717, 1.165) is 79.2 Å². The van der Waals surface area contributed by atoms with Crippen molar-refractivity contribution in [1.82, 2.24) is 0 Å². The first kappa shape index (κ1) is 47.2. The van der Waals surface area contributed by atoms with Crippen LogP contribution in [0.25, 0.3) is 18.2 Å². The number of rotatable bonds is 17. The van der Waals surface area contributed by atoms with Crippen LogP contribution < -0.4 is 19.4 Å². The molecule has 8 aromatic carbocycles. The number of allylic oxidation sites excluding steroid dienone is 5. The highest BCUT2D eigenvalue weighted by molar-refractivity contribution is 5.80. The minimum Gasteiger partial charge on any atom is -0.494 e. The molecule has 8 aromatic rings. The molecule has 0 aliphatic heterocycles. The van der Waals surface area contributed by atoms with E-state index in [1.807, 2.05) is 25.1 Å². The molecule has 0 aromatic heterocycles. The smallest absolute Gasteiger partial charge is 0.119 e. The highest BCUT2D eigenvalue weighted by Gasteiger charge is 2.15. The number of hydrogen-bond donors (Lipinski definition) is 0. The third-order valence-electron chi connectivity index (χ3n) is 12.0. The van der Waals surface area contributed by atoms with Gasteiger partial charge in [-0.15, -0.1) is 0 Å². The summed E-state index contributed by atoms with van der Waals surface area (Å²) in [6, 6.07) is 69.1. The maximum atomic E-state index is 5.80. The highest BCUT2D eigenvalue weighted by atomic mass is 16.5. The van der Waals surface area contributed by atoms with Gasteiger partial charge in [0.2, 0.25) is 0 Å². The Labute approximate surface area is 410 Å². The van der Waals surface area contributed by atoms with E-state index in [-0.39, 0.29) is 0 Å². The number of anilines is 8. The monoisotopic (exact) mass is 899 g/mol. The Morgan fingerprint density at radius 1 is 0.406 bits per heavy atom. The van der Waals surface area contributed by atoms with Gasteiger partial charge in [0.25, 0.3) is 0 Å². The molecule has 0 aliphatic rings. The maximum absolute atomic E-state index is 5.80. The van der Waals surface area contributed by atoms with Crippen LogP contribution in [0.4, 0.5) is 45.5 Å². The summed E-state index contributed by atoms with van der Waals surface area (Å²) in [5.41, 5.74) is 19.1. The van der Waals surface area contributed by atoms with Crippen LogP contribution in [0.2, 0.25) is 0 Å². The van der Waals surface area contributed by atoms with Crippen molar-refractivity contribution < 1.29 is 4.74 Å². The minimum absolute atomic E-state index is 0.611. The molecule has 4 heteroatoms. The van der Waals surface area contributed by atoms with Gasteiger partial charge in [-0.05, 0) is 180 Å². The molecule has 0 saturated heterocycles. The molecule has 0 atom stereocenters. The first-order chi connectivity index (χ1) is 33.6. The first-order valence-corrected chi connectivity index (χ1v) is 23.7. The summed E-state index contributed by atoms with van der Waals surface area (Å²) in [7, 11) is 0. The standard InChI is InChI=1S/C65H61N3O/c1-8-56(29-11-48(3)10-20-53-23-40-62(41-24-53)67(57-30-12-49(4)13-31-57)58-32-14-50(5)15-33-58)66(64-44-46-65(47-45-64)69-9-2)61-38-25-54(26-39-61)21-22-55-27-42-63(43-28-55)68(59-34-16-51(6)17-35-59)60-36-18-52(7)19-37-60/h8,10-47H,1,9H2,2-7H3/b20-10+,22-21+,48-11+,56-29+. The van der Waals surface area contributed by atoms with E-state index in [0.29, 0.717) is 6.61 Å². The lowest BCUT2D eigenvalue weighted by Crippen LogP contribution is -2.15. The van der Waals surface area contributed by atoms with Crippen LogP contribution in [0.15, 0.2) is 236 Å². The van der Waals surface area contributed by atoms with Crippen LogP contribution in [-0.4, -0.2) is 6.61 Å². The number of aryl methyl sites for hydroxylation is 4. The third kappa shape index (κ3) is 12.2. The summed E-state index contributed by atoms with van der Waals surface area (Å²) in [4.78, 5) is 6.82. The molecule has 0 unspecified atom stereocenters. The van der Waals surface area contributed by atoms with Gasteiger partial charge in [-0.1, -0.05) is 150 Å². The summed E-state index contributed by atoms with van der Waals surface area (Å²) < 4.78 is 5.80. The fourth-order valence-corrected chi connectivity index (χ4v) is 8.10. The van der Waals surface area contributed by atoms with Crippen LogP contribution in [0, 0.1) is 27.7 Å². The Morgan fingerprint density at radius 3 is 1.04 bits per heavy atom. The highest BCUT2D eigenvalue weighted by Crippen LogP contribution is 2.37. The summed E-state index contributed by atoms with van der Waals surface area (Å²) >= 11 is 0. The zero-order valence-corrected chi connectivity index (χ0v) is 40.7. The molecule has 0 fully saturated rings. The molecule has 0 saturated carbocycles. The SMILES string of the molecule is C=C\C(=C/C=C(C)/C=C/c1ccc(N(c2ccc(C)cc2)c2ccc(C)cc2)cc1)N(c1ccc(/C=C/c2ccc(N(c3ccc(C)cc3)c3ccc(C)cc3)cc2)cc1)c1ccc(OCC)cc1. The van der Waals surface area contributed by atoms with Crippen LogP contribution in [0.1, 0.15) is 52.8 Å². The van der Waals surface area contributed by atoms with E-state index in [1.165, 1.54) is 22.3 Å². The molecule has 4 nitrogen and oxygen atoms in total. The Morgan fingerprint density at radius 2 is 0.710 bits per heavy atom. The minimum atomic E-state index is 0.611. The number of hydrogen-bond acceptors (Lipinski definition) is 4. The molecule has 0 amide bonds. The molecule has 8 rings (SSSR count). The van der Waals surface area contributed by atoms with Crippen molar-refractivity contribution in [3.05, 3.63) is 275 Å². The molecule has 342 valence electrons. The summed E-state index contributed by atoms with van der Waals surface area (Å²) in [6.07, 6.45) is 14.8. The van der Waals surface area contributed by atoms with Crippen molar-refractivity contribution in [2.75, 3.05) is 21.3 Å². The summed E-state index contributed by atoms with van der Waals surface area (Å²) in [5, 5.41) is 0. The molecule has 69 heavy (non-hydrogen) atoms. The van der Waals surface area contributed by atoms with Crippen molar-refractivity contribution in [1.29, 1.82) is 0 Å². The van der Waals surface area contributed by atoms with Crippen LogP contribution in [0.3, 0.4) is 0 Å². The fourth-order valence-electron chi connectivity index (χ4n) is 8.10. The van der Waals surface area contributed by atoms with Crippen LogP contribution in [-0.2, 0) is 0 Å². The third-order valence-corrected chi connectivity index (χ3v) is 12.0. The van der Waals surface area contributed by atoms with Gasteiger partial charge >= 0.3 is 0 Å². The molecule has 0 aliphatic carbocycles. The second kappa shape index (κ2) is 22.4. The topological polar surface area (TPSA) is 19.0 Å². The van der Waals surface area contributed by atoms with Gasteiger partial charge in [0.1, 0.15) is 5.75 Å².